The van der Waals surface area contributed by atoms with Crippen molar-refractivity contribution in [2.45, 2.75) is 12.8 Å². The predicted molar refractivity (Wildman–Crippen MR) is 57.7 cm³/mol. The van der Waals surface area contributed by atoms with Crippen LogP contribution in [0, 0.1) is 11.7 Å². The Kier molecular flexibility index (Phi) is 3.05. The molecule has 0 aliphatic heterocycles. The molecule has 0 spiro atoms. The lowest BCUT2D eigenvalue weighted by atomic mass is 10.2. The number of aldehydes is 1. The molecule has 0 aromatic heterocycles. The summed E-state index contributed by atoms with van der Waals surface area (Å²) in [6.07, 6.45) is 2.96. The van der Waals surface area contributed by atoms with Crippen LogP contribution in [0.3, 0.4) is 0 Å². The third-order valence-electron chi connectivity index (χ3n) is 2.32. The van der Waals surface area contributed by atoms with Gasteiger partial charge in [0, 0.05) is 0 Å². The molecule has 1 aliphatic rings. The quantitative estimate of drug-likeness (QED) is 0.787. The van der Waals surface area contributed by atoms with E-state index < -0.39 is 5.82 Å². The summed E-state index contributed by atoms with van der Waals surface area (Å²) in [4.78, 5) is 10.7. The van der Waals surface area contributed by atoms with Crippen LogP contribution in [0.15, 0.2) is 16.6 Å². The first-order valence-corrected chi connectivity index (χ1v) is 5.57. The first-order valence-electron chi connectivity index (χ1n) is 4.77. The Labute approximate surface area is 95.6 Å². The highest BCUT2D eigenvalue weighted by atomic mass is 79.9. The number of ether oxygens (including phenoxy) is 1. The molecule has 0 unspecified atom stereocenters. The number of hydrogen-bond acceptors (Lipinski definition) is 2. The van der Waals surface area contributed by atoms with Crippen LogP contribution in [-0.4, -0.2) is 12.9 Å². The van der Waals surface area contributed by atoms with E-state index >= 15 is 0 Å². The van der Waals surface area contributed by atoms with E-state index in [1.807, 2.05) is 0 Å². The van der Waals surface area contributed by atoms with Crippen LogP contribution >= 0.6 is 15.9 Å². The van der Waals surface area contributed by atoms with Gasteiger partial charge < -0.3 is 4.74 Å². The van der Waals surface area contributed by atoms with E-state index in [2.05, 4.69) is 15.9 Å². The summed E-state index contributed by atoms with van der Waals surface area (Å²) in [7, 11) is 0. The second-order valence-corrected chi connectivity index (χ2v) is 4.53. The van der Waals surface area contributed by atoms with E-state index in [-0.39, 0.29) is 5.56 Å². The number of carbonyl (C=O) groups excluding carboxylic acids is 1. The second-order valence-electron chi connectivity index (χ2n) is 3.68. The molecule has 80 valence electrons. The van der Waals surface area contributed by atoms with E-state index in [9.17, 15) is 9.18 Å². The fraction of sp³-hybridized carbons (Fsp3) is 0.364. The molecule has 1 aliphatic carbocycles. The standard InChI is InChI=1S/C11H10BrFO2/c12-10-4-9(13)3-8(5-14)11(10)15-6-7-1-2-7/h3-5,7H,1-2,6H2. The van der Waals surface area contributed by atoms with Crippen molar-refractivity contribution in [1.29, 1.82) is 0 Å². The Hall–Kier alpha value is -0.900. The Balaban J connectivity index is 2.21. The number of rotatable bonds is 4. The van der Waals surface area contributed by atoms with Crippen molar-refractivity contribution in [2.24, 2.45) is 5.92 Å². The zero-order valence-corrected chi connectivity index (χ0v) is 9.59. The lowest BCUT2D eigenvalue weighted by Gasteiger charge is -2.09. The second kappa shape index (κ2) is 4.31. The van der Waals surface area contributed by atoms with Gasteiger partial charge >= 0.3 is 0 Å². The molecule has 0 heterocycles. The third kappa shape index (κ3) is 2.56. The van der Waals surface area contributed by atoms with Gasteiger partial charge in [0.1, 0.15) is 11.6 Å². The molecule has 0 radical (unpaired) electrons. The fourth-order valence-electron chi connectivity index (χ4n) is 1.31. The highest BCUT2D eigenvalue weighted by Crippen LogP contribution is 2.33. The summed E-state index contributed by atoms with van der Waals surface area (Å²) < 4.78 is 18.9. The van der Waals surface area contributed by atoms with Gasteiger partial charge in [-0.15, -0.1) is 0 Å². The normalized spacial score (nSPS) is 15.1. The molecule has 2 rings (SSSR count). The largest absolute Gasteiger partial charge is 0.491 e. The van der Waals surface area contributed by atoms with Crippen LogP contribution in [-0.2, 0) is 0 Å². The Bertz CT molecular complexity index is 388. The fourth-order valence-corrected chi connectivity index (χ4v) is 1.87. The van der Waals surface area contributed by atoms with Crippen molar-refractivity contribution < 1.29 is 13.9 Å². The molecule has 1 saturated carbocycles. The Morgan fingerprint density at radius 2 is 2.27 bits per heavy atom. The summed E-state index contributed by atoms with van der Waals surface area (Å²) >= 11 is 3.19. The van der Waals surface area contributed by atoms with E-state index in [0.29, 0.717) is 29.0 Å². The van der Waals surface area contributed by atoms with Crippen molar-refractivity contribution >= 4 is 22.2 Å². The monoisotopic (exact) mass is 272 g/mol. The van der Waals surface area contributed by atoms with Crippen molar-refractivity contribution in [3.05, 3.63) is 28.0 Å². The zero-order chi connectivity index (χ0) is 10.8. The Morgan fingerprint density at radius 3 is 2.87 bits per heavy atom. The third-order valence-corrected chi connectivity index (χ3v) is 2.91. The smallest absolute Gasteiger partial charge is 0.153 e. The molecule has 1 aromatic carbocycles. The van der Waals surface area contributed by atoms with Gasteiger partial charge in [-0.05, 0) is 46.8 Å². The van der Waals surface area contributed by atoms with Crippen LogP contribution in [0.1, 0.15) is 23.2 Å². The minimum atomic E-state index is -0.442. The molecule has 0 saturated heterocycles. The van der Waals surface area contributed by atoms with Gasteiger partial charge in [-0.1, -0.05) is 0 Å². The van der Waals surface area contributed by atoms with E-state index in [1.54, 1.807) is 0 Å². The summed E-state index contributed by atoms with van der Waals surface area (Å²) in [5.41, 5.74) is 0.252. The Morgan fingerprint density at radius 1 is 1.53 bits per heavy atom. The van der Waals surface area contributed by atoms with Crippen LogP contribution in [0.5, 0.6) is 5.75 Å². The minimum absolute atomic E-state index is 0.252. The van der Waals surface area contributed by atoms with Gasteiger partial charge in [-0.25, -0.2) is 4.39 Å². The molecule has 15 heavy (non-hydrogen) atoms. The molecular weight excluding hydrogens is 263 g/mol. The molecule has 0 atom stereocenters. The zero-order valence-electron chi connectivity index (χ0n) is 8.00. The molecule has 0 bridgehead atoms. The number of halogens is 2. The van der Waals surface area contributed by atoms with Crippen molar-refractivity contribution in [2.75, 3.05) is 6.61 Å². The summed E-state index contributed by atoms with van der Waals surface area (Å²) in [5, 5.41) is 0. The molecule has 4 heteroatoms. The van der Waals surface area contributed by atoms with Crippen LogP contribution < -0.4 is 4.74 Å². The maximum absolute atomic E-state index is 13.0. The van der Waals surface area contributed by atoms with E-state index in [0.717, 1.165) is 0 Å². The van der Waals surface area contributed by atoms with Crippen LogP contribution in [0.4, 0.5) is 4.39 Å². The molecule has 2 nitrogen and oxygen atoms in total. The van der Waals surface area contributed by atoms with Gasteiger partial charge in [0.25, 0.3) is 0 Å². The maximum atomic E-state index is 13.0. The first kappa shape index (κ1) is 10.6. The van der Waals surface area contributed by atoms with Crippen LogP contribution in [0.25, 0.3) is 0 Å². The van der Waals surface area contributed by atoms with Crippen molar-refractivity contribution in [3.8, 4) is 5.75 Å². The van der Waals surface area contributed by atoms with Gasteiger partial charge in [0.15, 0.2) is 6.29 Å². The van der Waals surface area contributed by atoms with Crippen molar-refractivity contribution in [1.82, 2.24) is 0 Å². The van der Waals surface area contributed by atoms with E-state index in [1.165, 1.54) is 25.0 Å². The molecule has 0 N–H and O–H groups in total. The average molecular weight is 273 g/mol. The van der Waals surface area contributed by atoms with Gasteiger partial charge in [0.05, 0.1) is 16.6 Å². The average Bonchev–Trinajstić information content (AvgIpc) is 2.99. The lowest BCUT2D eigenvalue weighted by Crippen LogP contribution is -2.02. The molecule has 1 fully saturated rings. The topological polar surface area (TPSA) is 26.3 Å². The number of carbonyl (C=O) groups is 1. The van der Waals surface area contributed by atoms with Crippen LogP contribution in [0.2, 0.25) is 0 Å². The SMILES string of the molecule is O=Cc1cc(F)cc(Br)c1OCC1CC1. The predicted octanol–water partition coefficient (Wildman–Crippen LogP) is 3.19. The summed E-state index contributed by atoms with van der Waals surface area (Å²) in [5.74, 6) is 0.600. The minimum Gasteiger partial charge on any atom is -0.491 e. The summed E-state index contributed by atoms with van der Waals surface area (Å²) in [6, 6.07) is 2.48. The lowest BCUT2D eigenvalue weighted by molar-refractivity contribution is 0.111. The van der Waals surface area contributed by atoms with Gasteiger partial charge in [-0.3, -0.25) is 4.79 Å². The molecule has 1 aromatic rings. The first-order chi connectivity index (χ1) is 7.20. The number of hydrogen-bond donors (Lipinski definition) is 0. The van der Waals surface area contributed by atoms with Crippen molar-refractivity contribution in [3.63, 3.8) is 0 Å². The van der Waals surface area contributed by atoms with E-state index in [4.69, 9.17) is 4.74 Å². The highest BCUT2D eigenvalue weighted by molar-refractivity contribution is 9.10. The molecular formula is C11H10BrFO2. The highest BCUT2D eigenvalue weighted by Gasteiger charge is 2.23. The molecule has 0 amide bonds. The van der Waals surface area contributed by atoms with Gasteiger partial charge in [-0.2, -0.15) is 0 Å². The number of benzene rings is 1. The van der Waals surface area contributed by atoms with Gasteiger partial charge in [0.2, 0.25) is 0 Å². The summed E-state index contributed by atoms with van der Waals surface area (Å²) in [6.45, 7) is 0.602. The maximum Gasteiger partial charge on any atom is 0.153 e.